The molecule has 1 aliphatic heterocycles. The van der Waals surface area contributed by atoms with Crippen LogP contribution in [0.3, 0.4) is 0 Å². The molecule has 9 aromatic heterocycles. The van der Waals surface area contributed by atoms with Crippen LogP contribution < -0.4 is 0 Å². The van der Waals surface area contributed by atoms with Crippen LogP contribution in [0.15, 0.2) is 88.5 Å². The predicted molar refractivity (Wildman–Crippen MR) is 434 cm³/mol. The summed E-state index contributed by atoms with van der Waals surface area (Å²) in [6, 6.07) is 4.13. The molecule has 566 valence electrons. The van der Waals surface area contributed by atoms with E-state index in [0.717, 1.165) is 68.5 Å². The lowest BCUT2D eigenvalue weighted by atomic mass is 9.87. The maximum absolute atomic E-state index is 5.34. The van der Waals surface area contributed by atoms with Gasteiger partial charge in [0.15, 0.2) is 11.8 Å². The normalized spacial score (nSPS) is 12.7. The SMILES string of the molecule is CC1=NCC(C(C)(C)C)=C1.Cc1cc(C(C)(C)C)on1.Cc1cc(C(C)(C)C)sn1.Cc1nc(C(C)(C)C)co1.Cc1nc(C(C)(C)C)cs1.Cc1ncc(C(C)(C)C)n1C.Cc1ncc(C(C)(C)C)o1.Cc1ncc(C(C)(C)C)s1.Cc1nocc1C(C)(C)C.Cc1nscc1C(C)(C)C. The molecule has 101 heavy (non-hydrogen) atoms. The smallest absolute Gasteiger partial charge is 0.191 e. The Kier molecular flexibility index (Phi) is 35.1. The predicted octanol–water partition coefficient (Wildman–Crippen LogP) is 24.6. The highest BCUT2D eigenvalue weighted by molar-refractivity contribution is 7.11. The molecule has 0 radical (unpaired) electrons. The van der Waals surface area contributed by atoms with Crippen LogP contribution in [0.2, 0.25) is 0 Å². The van der Waals surface area contributed by atoms with Gasteiger partial charge in [0.05, 0.1) is 56.9 Å². The summed E-state index contributed by atoms with van der Waals surface area (Å²) in [5, 5.41) is 14.2. The molecule has 0 bridgehead atoms. The van der Waals surface area contributed by atoms with Gasteiger partial charge in [0.1, 0.15) is 29.9 Å². The van der Waals surface area contributed by atoms with Gasteiger partial charge in [0, 0.05) is 104 Å². The Labute approximate surface area is 629 Å². The first kappa shape index (κ1) is 93.0. The lowest BCUT2D eigenvalue weighted by Crippen LogP contribution is -2.16. The summed E-state index contributed by atoms with van der Waals surface area (Å²) in [6.45, 7) is 85.9. The maximum atomic E-state index is 5.34. The Balaban J connectivity index is 0.000000561. The third kappa shape index (κ3) is 35.3. The first-order chi connectivity index (χ1) is 45.5. The molecule has 15 nitrogen and oxygen atoms in total. The van der Waals surface area contributed by atoms with Gasteiger partial charge in [0.2, 0.25) is 0 Å². The second-order valence-electron chi connectivity index (χ2n) is 36.2. The summed E-state index contributed by atoms with van der Waals surface area (Å²) in [5.74, 6) is 4.46. The molecule has 0 N–H and O–H groups in total. The molecule has 19 heteroatoms. The molecule has 10 rings (SSSR count). The van der Waals surface area contributed by atoms with Crippen LogP contribution in [-0.4, -0.2) is 60.8 Å². The molecule has 0 amide bonds. The molecule has 9 aromatic rings. The van der Waals surface area contributed by atoms with E-state index in [1.165, 1.54) is 49.2 Å². The molecular weight excluding hydrogens is 1330 g/mol. The Hall–Kier alpha value is -6.02. The zero-order valence-corrected chi connectivity index (χ0v) is 73.9. The van der Waals surface area contributed by atoms with Crippen molar-refractivity contribution in [1.82, 2.24) is 48.5 Å². The van der Waals surface area contributed by atoms with E-state index in [-0.39, 0.29) is 48.7 Å². The Bertz CT molecular complexity index is 3450. The van der Waals surface area contributed by atoms with Gasteiger partial charge >= 0.3 is 0 Å². The van der Waals surface area contributed by atoms with Crippen LogP contribution in [0.4, 0.5) is 0 Å². The van der Waals surface area contributed by atoms with Crippen molar-refractivity contribution in [2.24, 2.45) is 17.5 Å². The Morgan fingerprint density at radius 3 is 1.20 bits per heavy atom. The second kappa shape index (κ2) is 38.1. The number of imidazole rings is 1. The van der Waals surface area contributed by atoms with Crippen LogP contribution in [-0.2, 0) is 55.8 Å². The first-order valence-electron chi connectivity index (χ1n) is 35.1. The van der Waals surface area contributed by atoms with Gasteiger partial charge in [-0.25, -0.2) is 24.9 Å². The quantitative estimate of drug-likeness (QED) is 0.140. The summed E-state index contributed by atoms with van der Waals surface area (Å²) >= 11 is 6.65. The molecule has 10 heterocycles. The molecule has 0 aliphatic carbocycles. The lowest BCUT2D eigenvalue weighted by Gasteiger charge is -2.18. The molecular formula is C82H135N11O4S4. The molecule has 0 saturated heterocycles. The minimum Gasteiger partial charge on any atom is -0.449 e. The average Bonchev–Trinajstić information content (AvgIpc) is 1.70. The standard InChI is InChI=1S/C9H16N2.C9H15N.4C8H13NO.4C8H13NS/c1-7-10-6-8(11(7)5)9(2,3)4;1-7-5-8(6-10-7)9(2,3)4;1-6-9-7(5-10-6)8(2,3)4;1-6-9-5-7(10-6)8(2,3)4;1-6-7(5-10-9-6)8(2,3)4;1-6-5-7(10-9-6)8(2,3)4;1-6-9-7(5-10-6)8(2,3)4;1-6-9-5-7(10-6)8(2,3)4;1-6-7(5-10-9-6)8(2,3)4;1-6-5-7(10-9-6)8(2,3)4/h6H,1-5H3;5H,6H2,1-4H3;8*5H,1-4H3. The summed E-state index contributed by atoms with van der Waals surface area (Å²) in [7, 11) is 2.06. The van der Waals surface area contributed by atoms with Crippen molar-refractivity contribution in [3.05, 3.63) is 166 Å². The van der Waals surface area contributed by atoms with Crippen LogP contribution >= 0.6 is 45.7 Å². The van der Waals surface area contributed by atoms with E-state index in [4.69, 9.17) is 17.9 Å². The van der Waals surface area contributed by atoms with Crippen molar-refractivity contribution in [3.63, 3.8) is 0 Å². The average molecular weight is 1470 g/mol. The highest BCUT2D eigenvalue weighted by atomic mass is 32.1. The molecule has 0 aromatic carbocycles. The number of allylic oxidation sites excluding steroid dienone is 1. The third-order valence-corrected chi connectivity index (χ3v) is 19.3. The molecule has 0 saturated carbocycles. The number of rotatable bonds is 0. The highest BCUT2D eigenvalue weighted by Crippen LogP contribution is 2.32. The number of hydrogen-bond acceptors (Lipinski definition) is 18. The summed E-state index contributed by atoms with van der Waals surface area (Å²) in [6.07, 6.45) is 11.3. The number of thiazole rings is 2. The maximum Gasteiger partial charge on any atom is 0.191 e. The number of nitrogens with zero attached hydrogens (tertiary/aromatic N) is 11. The van der Waals surface area contributed by atoms with Crippen LogP contribution in [0.5, 0.6) is 0 Å². The third-order valence-electron chi connectivity index (χ3n) is 15.2. The van der Waals surface area contributed by atoms with E-state index < -0.39 is 0 Å². The van der Waals surface area contributed by atoms with E-state index in [9.17, 15) is 0 Å². The number of aromatic nitrogens is 10. The fourth-order valence-corrected chi connectivity index (χ4v) is 11.9. The monoisotopic (exact) mass is 1470 g/mol. The summed E-state index contributed by atoms with van der Waals surface area (Å²) in [5.41, 5.74) is 14.9. The molecule has 1 aliphatic rings. The highest BCUT2D eigenvalue weighted by Gasteiger charge is 2.24. The summed E-state index contributed by atoms with van der Waals surface area (Å²) in [4.78, 5) is 28.1. The molecule has 0 fully saturated rings. The Morgan fingerprint density at radius 2 is 1.00 bits per heavy atom. The van der Waals surface area contributed by atoms with E-state index in [1.54, 1.807) is 64.5 Å². The zero-order valence-electron chi connectivity index (χ0n) is 70.7. The minimum absolute atomic E-state index is 0.0846. The topological polar surface area (TPSA) is 186 Å². The van der Waals surface area contributed by atoms with Crippen LogP contribution in [0, 0.1) is 67.7 Å². The van der Waals surface area contributed by atoms with E-state index in [0.29, 0.717) is 5.41 Å². The zero-order chi connectivity index (χ0) is 78.6. The number of hydrogen-bond donors (Lipinski definition) is 0. The minimum atomic E-state index is 0.0846. The van der Waals surface area contributed by atoms with Gasteiger partial charge in [-0.3, -0.25) is 4.99 Å². The van der Waals surface area contributed by atoms with Gasteiger partial charge in [-0.2, -0.15) is 8.75 Å². The largest absolute Gasteiger partial charge is 0.449 e. The van der Waals surface area contributed by atoms with Crippen molar-refractivity contribution in [2.75, 3.05) is 6.54 Å². The number of aryl methyl sites for hydroxylation is 9. The number of aliphatic imine (C=N–C) groups is 1. The fourth-order valence-electron chi connectivity index (χ4n) is 8.50. The van der Waals surface area contributed by atoms with E-state index in [2.05, 4.69) is 305 Å². The van der Waals surface area contributed by atoms with Gasteiger partial charge < -0.3 is 22.4 Å². The van der Waals surface area contributed by atoms with Crippen molar-refractivity contribution in [2.45, 2.75) is 326 Å². The van der Waals surface area contributed by atoms with Crippen molar-refractivity contribution in [3.8, 4) is 0 Å². The van der Waals surface area contributed by atoms with Crippen molar-refractivity contribution in [1.29, 1.82) is 0 Å². The summed E-state index contributed by atoms with van der Waals surface area (Å²) < 4.78 is 30.9. The number of oxazole rings is 2. The molecule has 0 atom stereocenters. The molecule has 0 spiro atoms. The van der Waals surface area contributed by atoms with E-state index >= 15 is 0 Å². The van der Waals surface area contributed by atoms with E-state index in [1.807, 2.05) is 73.8 Å². The van der Waals surface area contributed by atoms with Gasteiger partial charge in [-0.1, -0.05) is 218 Å². The van der Waals surface area contributed by atoms with Gasteiger partial charge in [0.25, 0.3) is 0 Å². The molecule has 0 unspecified atom stereocenters. The van der Waals surface area contributed by atoms with Gasteiger partial charge in [-0.05, 0) is 129 Å². The fraction of sp³-hybridized carbons (Fsp3) is 0.634. The van der Waals surface area contributed by atoms with Crippen LogP contribution in [0.25, 0.3) is 0 Å². The van der Waals surface area contributed by atoms with Gasteiger partial charge in [-0.15, -0.1) is 22.7 Å². The first-order valence-corrected chi connectivity index (χ1v) is 38.4. The Morgan fingerprint density at radius 1 is 0.446 bits per heavy atom. The van der Waals surface area contributed by atoms with Crippen LogP contribution in [0.1, 0.15) is 315 Å². The lowest BCUT2D eigenvalue weighted by molar-refractivity contribution is 0.327. The van der Waals surface area contributed by atoms with Crippen molar-refractivity contribution < 1.29 is 17.9 Å². The second-order valence-corrected chi connectivity index (χ2v) is 39.9. The van der Waals surface area contributed by atoms with Crippen molar-refractivity contribution >= 4 is 51.5 Å².